The summed E-state index contributed by atoms with van der Waals surface area (Å²) in [5, 5.41) is 0. The number of rotatable bonds is 0. The molecular formula is C3H5AsSb. The van der Waals surface area contributed by atoms with Crippen LogP contribution >= 0.6 is 0 Å². The van der Waals surface area contributed by atoms with Gasteiger partial charge in [0.1, 0.15) is 0 Å². The molecule has 0 amide bonds. The molecule has 0 aromatic rings. The van der Waals surface area contributed by atoms with Gasteiger partial charge in [-0.05, 0) is 0 Å². The Hall–Kier alpha value is 1.25. The Morgan fingerprint density at radius 3 is 3.00 bits per heavy atom. The molecule has 0 saturated heterocycles. The molecule has 1 aliphatic rings. The van der Waals surface area contributed by atoms with Crippen LogP contribution in [0.1, 0.15) is 6.42 Å². The third-order valence-electron chi connectivity index (χ3n) is 0.521. The van der Waals surface area contributed by atoms with Crippen LogP contribution in [-0.4, -0.2) is 34.6 Å². The fourth-order valence-electron chi connectivity index (χ4n) is 0.289. The van der Waals surface area contributed by atoms with Crippen LogP contribution < -0.4 is 0 Å². The molecule has 0 atom stereocenters. The first-order chi connectivity index (χ1) is 2.50. The van der Waals surface area contributed by atoms with Crippen LogP contribution in [0.25, 0.3) is 0 Å². The van der Waals surface area contributed by atoms with Gasteiger partial charge in [-0.2, -0.15) is 0 Å². The monoisotopic (exact) mass is 237 g/mol. The van der Waals surface area contributed by atoms with Gasteiger partial charge in [0.05, 0.1) is 0 Å². The van der Waals surface area contributed by atoms with Crippen LogP contribution in [0.15, 0.2) is 0 Å². The molecule has 1 rings (SSSR count). The van der Waals surface area contributed by atoms with E-state index in [1.807, 2.05) is 0 Å². The summed E-state index contributed by atoms with van der Waals surface area (Å²) in [6, 6.07) is 0. The van der Waals surface area contributed by atoms with Crippen molar-refractivity contribution in [3.63, 3.8) is 0 Å². The molecule has 0 aliphatic carbocycles. The van der Waals surface area contributed by atoms with E-state index in [0.29, 0.717) is 18.5 Å². The predicted octanol–water partition coefficient (Wildman–Crippen LogP) is -0.0660. The quantitative estimate of drug-likeness (QED) is 0.518. The van der Waals surface area contributed by atoms with E-state index in [-0.39, 0.29) is 0 Å². The second-order valence-electron chi connectivity index (χ2n) is 0.952. The van der Waals surface area contributed by atoms with Gasteiger partial charge in [-0.15, -0.1) is 0 Å². The zero-order chi connectivity index (χ0) is 3.54. The van der Waals surface area contributed by atoms with Gasteiger partial charge < -0.3 is 0 Å². The van der Waals surface area contributed by atoms with Crippen molar-refractivity contribution in [3.8, 4) is 0 Å². The number of hydrogen-bond donors (Lipinski definition) is 0. The summed E-state index contributed by atoms with van der Waals surface area (Å²) in [6.07, 6.45) is 1.48. The molecule has 5 heavy (non-hydrogen) atoms. The maximum absolute atomic E-state index is 2.52. The number of hydrogen-bond acceptors (Lipinski definition) is 0. The molecule has 1 heterocycles. The van der Waals surface area contributed by atoms with Gasteiger partial charge >= 0.3 is 45.4 Å². The van der Waals surface area contributed by atoms with E-state index in [2.05, 4.69) is 4.81 Å². The second-order valence-corrected chi connectivity index (χ2v) is 11.7. The molecule has 0 aromatic carbocycles. The Kier molecular flexibility index (Phi) is 2.14. The molecule has 0 bridgehead atoms. The van der Waals surface area contributed by atoms with Gasteiger partial charge in [-0.3, -0.25) is 0 Å². The van der Waals surface area contributed by atoms with E-state index in [4.69, 9.17) is 0 Å². The van der Waals surface area contributed by atoms with Gasteiger partial charge in [0.15, 0.2) is 0 Å². The van der Waals surface area contributed by atoms with E-state index in [0.717, 1.165) is 11.3 Å². The van der Waals surface area contributed by atoms with Crippen molar-refractivity contribution in [2.75, 3.05) is 0 Å². The topological polar surface area (TPSA) is 0 Å². The normalized spacial score (nSPS) is 19.2. The molecule has 0 fully saturated rings. The van der Waals surface area contributed by atoms with Crippen molar-refractivity contribution in [1.82, 2.24) is 0 Å². The van der Waals surface area contributed by atoms with Gasteiger partial charge in [0, 0.05) is 0 Å². The Balaban J connectivity index is 2.64. The second kappa shape index (κ2) is 2.42. The van der Waals surface area contributed by atoms with Gasteiger partial charge in [0.25, 0.3) is 0 Å². The van der Waals surface area contributed by atoms with E-state index in [1.165, 1.54) is 6.42 Å². The average molecular weight is 238 g/mol. The maximum atomic E-state index is 2.52. The fraction of sp³-hybridized carbons (Fsp3) is 0.667. The van der Waals surface area contributed by atoms with Crippen LogP contribution in [0, 0.1) is 0 Å². The van der Waals surface area contributed by atoms with Crippen LogP contribution in [0.3, 0.4) is 0 Å². The molecule has 2 heteroatoms. The molecule has 0 aromatic heterocycles. The minimum absolute atomic E-state index is 0.505. The molecule has 0 saturated carbocycles. The zero-order valence-corrected chi connectivity index (χ0v) is 7.32. The molecule has 1 aliphatic heterocycles. The van der Waals surface area contributed by atoms with Crippen LogP contribution in [0.2, 0.25) is 4.37 Å². The summed E-state index contributed by atoms with van der Waals surface area (Å²) in [7, 11) is 0. The Morgan fingerprint density at radius 2 is 2.80 bits per heavy atom. The Bertz CT molecular complexity index is 72.9. The van der Waals surface area contributed by atoms with Crippen LogP contribution in [-0.2, 0) is 0 Å². The van der Waals surface area contributed by atoms with E-state index in [1.54, 1.807) is 4.37 Å². The van der Waals surface area contributed by atoms with Gasteiger partial charge in [-0.1, -0.05) is 0 Å². The van der Waals surface area contributed by atoms with Crippen molar-refractivity contribution in [2.45, 2.75) is 10.8 Å². The molecule has 0 nitrogen and oxygen atoms in total. The van der Waals surface area contributed by atoms with Crippen molar-refractivity contribution < 1.29 is 0 Å². The fourth-order valence-corrected chi connectivity index (χ4v) is 10.1. The SMILES string of the molecule is C1=[As]=[Sb][CH2]C1. The van der Waals surface area contributed by atoms with Crippen molar-refractivity contribution in [3.05, 3.63) is 0 Å². The van der Waals surface area contributed by atoms with Crippen molar-refractivity contribution in [2.24, 2.45) is 0 Å². The summed E-state index contributed by atoms with van der Waals surface area (Å²) < 4.78 is 1.64. The first-order valence-corrected chi connectivity index (χ1v) is 11.3. The van der Waals surface area contributed by atoms with Crippen LogP contribution in [0.5, 0.6) is 0 Å². The van der Waals surface area contributed by atoms with Crippen LogP contribution in [0.4, 0.5) is 0 Å². The first-order valence-electron chi connectivity index (χ1n) is 1.68. The third kappa shape index (κ3) is 1.42. The Labute approximate surface area is 45.2 Å². The van der Waals surface area contributed by atoms with Gasteiger partial charge in [0.2, 0.25) is 0 Å². The molecule has 27 valence electrons. The molecule has 0 unspecified atom stereocenters. The molecule has 0 spiro atoms. The summed E-state index contributed by atoms with van der Waals surface area (Å²) in [5.74, 6) is 0. The standard InChI is InChI=1S/C3H5As.Sb/c1-2-3-4;/h3H,1-2H2;/q-1;+1. The molecular weight excluding hydrogens is 233 g/mol. The predicted molar refractivity (Wildman–Crippen MR) is 27.0 cm³/mol. The van der Waals surface area contributed by atoms with Crippen molar-refractivity contribution >= 4 is 34.6 Å². The summed E-state index contributed by atoms with van der Waals surface area (Å²) >= 11 is 1.38. The molecule has 1 radical (unpaired) electrons. The first kappa shape index (κ1) is 4.41. The third-order valence-corrected chi connectivity index (χ3v) is 10.7. The van der Waals surface area contributed by atoms with Gasteiger partial charge in [-0.25, -0.2) is 0 Å². The van der Waals surface area contributed by atoms with E-state index in [9.17, 15) is 0 Å². The minimum atomic E-state index is 0.505. The summed E-state index contributed by atoms with van der Waals surface area (Å²) in [4.78, 5) is 2.52. The Morgan fingerprint density at radius 1 is 1.80 bits per heavy atom. The van der Waals surface area contributed by atoms with E-state index < -0.39 is 0 Å². The average Bonchev–Trinajstić information content (AvgIpc) is 1.76. The van der Waals surface area contributed by atoms with E-state index >= 15 is 0 Å². The summed E-state index contributed by atoms with van der Waals surface area (Å²) in [5.41, 5.74) is 0. The summed E-state index contributed by atoms with van der Waals surface area (Å²) in [6.45, 7) is 0. The zero-order valence-electron chi connectivity index (χ0n) is 2.89. The van der Waals surface area contributed by atoms with Crippen molar-refractivity contribution in [1.29, 1.82) is 0 Å². The molecule has 0 N–H and O–H groups in total.